The van der Waals surface area contributed by atoms with Gasteiger partial charge in [0.05, 0.1) is 6.42 Å². The smallest absolute Gasteiger partial charge is 0.260 e. The Bertz CT molecular complexity index is 934. The number of hydrogen-bond donors (Lipinski definition) is 1. The number of ether oxygens (including phenoxy) is 1. The van der Waals surface area contributed by atoms with Gasteiger partial charge in [0, 0.05) is 42.0 Å². The number of para-hydroxylation sites is 1. The number of nitrogens with one attached hydrogen (secondary N) is 1. The van der Waals surface area contributed by atoms with Crippen LogP contribution in [0.15, 0.2) is 30.3 Å². The van der Waals surface area contributed by atoms with Gasteiger partial charge in [-0.25, -0.2) is 9.97 Å². The molecule has 1 aliphatic heterocycles. The molecule has 170 valence electrons. The van der Waals surface area contributed by atoms with Crippen LogP contribution < -0.4 is 10.1 Å². The summed E-state index contributed by atoms with van der Waals surface area (Å²) in [5.74, 6) is 1.59. The number of rotatable bonds is 7. The molecule has 7 nitrogen and oxygen atoms in total. The number of benzene rings is 1. The molecule has 1 unspecified atom stereocenters. The van der Waals surface area contributed by atoms with E-state index < -0.39 is 0 Å². The number of likely N-dealkylation sites (tertiary alicyclic amines) is 1. The zero-order valence-corrected chi connectivity index (χ0v) is 19.0. The first-order chi connectivity index (χ1) is 15.5. The molecule has 4 rings (SSSR count). The highest BCUT2D eigenvalue weighted by atomic mass is 16.5. The van der Waals surface area contributed by atoms with E-state index >= 15 is 0 Å². The monoisotopic (exact) mass is 436 g/mol. The number of nitrogens with zero attached hydrogens (tertiary/aromatic N) is 3. The lowest BCUT2D eigenvalue weighted by atomic mass is 10.0. The highest BCUT2D eigenvalue weighted by Gasteiger charge is 2.30. The van der Waals surface area contributed by atoms with Crippen molar-refractivity contribution < 1.29 is 14.3 Å². The zero-order valence-electron chi connectivity index (χ0n) is 19.0. The standard InChI is InChI=1S/C25H32N4O3/c1-17-22(14-23(30)28-20-8-6-7-9-20)18(2)27-25(26-17)19-12-13-29(15-19)24(31)16-32-21-10-4-3-5-11-21/h3-5,10-11,19-20H,6-9,12-16H2,1-2H3,(H,28,30). The highest BCUT2D eigenvalue weighted by molar-refractivity contribution is 5.79. The summed E-state index contributed by atoms with van der Waals surface area (Å²) in [6.07, 6.45) is 5.69. The Hall–Kier alpha value is -2.96. The first kappa shape index (κ1) is 22.2. The predicted molar refractivity (Wildman–Crippen MR) is 121 cm³/mol. The summed E-state index contributed by atoms with van der Waals surface area (Å²) in [6.45, 7) is 5.20. The Balaban J connectivity index is 1.33. The Morgan fingerprint density at radius 1 is 1.06 bits per heavy atom. The third-order valence-corrected chi connectivity index (χ3v) is 6.51. The van der Waals surface area contributed by atoms with Crippen LogP contribution in [0.4, 0.5) is 0 Å². The molecule has 0 spiro atoms. The maximum atomic E-state index is 12.6. The Morgan fingerprint density at radius 2 is 1.75 bits per heavy atom. The van der Waals surface area contributed by atoms with Crippen molar-refractivity contribution in [2.75, 3.05) is 19.7 Å². The molecule has 1 aromatic carbocycles. The normalized spacial score (nSPS) is 18.7. The van der Waals surface area contributed by atoms with E-state index in [2.05, 4.69) is 5.32 Å². The van der Waals surface area contributed by atoms with Crippen molar-refractivity contribution in [2.45, 2.75) is 64.3 Å². The Kier molecular flexibility index (Phi) is 7.02. The summed E-state index contributed by atoms with van der Waals surface area (Å²) in [4.78, 5) is 36.3. The van der Waals surface area contributed by atoms with E-state index in [1.54, 1.807) is 0 Å². The van der Waals surface area contributed by atoms with Crippen LogP contribution in [0.25, 0.3) is 0 Å². The second kappa shape index (κ2) is 10.1. The van der Waals surface area contributed by atoms with Gasteiger partial charge >= 0.3 is 0 Å². The van der Waals surface area contributed by atoms with Gasteiger partial charge in [0.2, 0.25) is 5.91 Å². The zero-order chi connectivity index (χ0) is 22.5. The number of amides is 2. The van der Waals surface area contributed by atoms with E-state index in [4.69, 9.17) is 14.7 Å². The Labute approximate surface area is 189 Å². The molecule has 0 radical (unpaired) electrons. The number of carbonyl (C=O) groups is 2. The molecule has 1 N–H and O–H groups in total. The molecule has 2 heterocycles. The lowest BCUT2D eigenvalue weighted by Gasteiger charge is -2.18. The van der Waals surface area contributed by atoms with Crippen LogP contribution in [0, 0.1) is 13.8 Å². The fraction of sp³-hybridized carbons (Fsp3) is 0.520. The second-order valence-corrected chi connectivity index (χ2v) is 8.88. The third kappa shape index (κ3) is 5.44. The van der Waals surface area contributed by atoms with Gasteiger partial charge in [-0.05, 0) is 45.2 Å². The van der Waals surface area contributed by atoms with E-state index in [1.807, 2.05) is 49.1 Å². The van der Waals surface area contributed by atoms with Gasteiger partial charge in [0.1, 0.15) is 11.6 Å². The van der Waals surface area contributed by atoms with E-state index in [9.17, 15) is 9.59 Å². The van der Waals surface area contributed by atoms with Gasteiger partial charge in [0.25, 0.3) is 5.91 Å². The maximum Gasteiger partial charge on any atom is 0.260 e. The number of aryl methyl sites for hydroxylation is 2. The molecule has 1 aromatic heterocycles. The summed E-state index contributed by atoms with van der Waals surface area (Å²) in [5.41, 5.74) is 2.61. The van der Waals surface area contributed by atoms with Crippen LogP contribution in [0.5, 0.6) is 5.75 Å². The maximum absolute atomic E-state index is 12.6. The third-order valence-electron chi connectivity index (χ3n) is 6.51. The molecular formula is C25H32N4O3. The summed E-state index contributed by atoms with van der Waals surface area (Å²) in [7, 11) is 0. The van der Waals surface area contributed by atoms with Crippen molar-refractivity contribution >= 4 is 11.8 Å². The van der Waals surface area contributed by atoms with E-state index in [0.29, 0.717) is 31.3 Å². The topological polar surface area (TPSA) is 84.4 Å². The van der Waals surface area contributed by atoms with Crippen molar-refractivity contribution in [3.05, 3.63) is 53.1 Å². The Morgan fingerprint density at radius 3 is 2.44 bits per heavy atom. The number of hydrogen-bond acceptors (Lipinski definition) is 5. The molecule has 2 aliphatic rings. The van der Waals surface area contributed by atoms with Crippen LogP contribution in [0.2, 0.25) is 0 Å². The molecule has 0 bridgehead atoms. The minimum absolute atomic E-state index is 0.0231. The van der Waals surface area contributed by atoms with Gasteiger partial charge in [-0.15, -0.1) is 0 Å². The van der Waals surface area contributed by atoms with Crippen LogP contribution >= 0.6 is 0 Å². The molecule has 1 aliphatic carbocycles. The lowest BCUT2D eigenvalue weighted by molar-refractivity contribution is -0.132. The second-order valence-electron chi connectivity index (χ2n) is 8.88. The van der Waals surface area contributed by atoms with Gasteiger partial charge < -0.3 is 15.0 Å². The molecule has 1 atom stereocenters. The predicted octanol–water partition coefficient (Wildman–Crippen LogP) is 3.09. The quantitative estimate of drug-likeness (QED) is 0.721. The molecule has 2 aromatic rings. The molecule has 32 heavy (non-hydrogen) atoms. The lowest BCUT2D eigenvalue weighted by Crippen LogP contribution is -2.34. The molecule has 1 saturated heterocycles. The largest absolute Gasteiger partial charge is 0.484 e. The van der Waals surface area contributed by atoms with Crippen LogP contribution in [0.3, 0.4) is 0 Å². The SMILES string of the molecule is Cc1nc(C2CCN(C(=O)COc3ccccc3)C2)nc(C)c1CC(=O)NC1CCCC1. The molecule has 1 saturated carbocycles. The highest BCUT2D eigenvalue weighted by Crippen LogP contribution is 2.26. The molecule has 2 amide bonds. The summed E-state index contributed by atoms with van der Waals surface area (Å²) < 4.78 is 5.60. The van der Waals surface area contributed by atoms with Crippen molar-refractivity contribution in [3.8, 4) is 5.75 Å². The molecule has 2 fully saturated rings. The van der Waals surface area contributed by atoms with Gasteiger partial charge in [-0.2, -0.15) is 0 Å². The van der Waals surface area contributed by atoms with E-state index in [-0.39, 0.29) is 24.3 Å². The van der Waals surface area contributed by atoms with Crippen molar-refractivity contribution in [1.29, 1.82) is 0 Å². The van der Waals surface area contributed by atoms with Crippen LogP contribution in [-0.4, -0.2) is 52.4 Å². The van der Waals surface area contributed by atoms with Crippen molar-refractivity contribution in [3.63, 3.8) is 0 Å². The summed E-state index contributed by atoms with van der Waals surface area (Å²) >= 11 is 0. The van der Waals surface area contributed by atoms with Crippen molar-refractivity contribution in [1.82, 2.24) is 20.2 Å². The fourth-order valence-corrected chi connectivity index (χ4v) is 4.66. The summed E-state index contributed by atoms with van der Waals surface area (Å²) in [6, 6.07) is 9.68. The van der Waals surface area contributed by atoms with Gasteiger partial charge in [-0.1, -0.05) is 31.0 Å². The van der Waals surface area contributed by atoms with Crippen LogP contribution in [-0.2, 0) is 16.0 Å². The minimum atomic E-state index is -0.0231. The fourth-order valence-electron chi connectivity index (χ4n) is 4.66. The summed E-state index contributed by atoms with van der Waals surface area (Å²) in [5, 5.41) is 3.14. The molecule has 7 heteroatoms. The van der Waals surface area contributed by atoms with Crippen molar-refractivity contribution in [2.24, 2.45) is 0 Å². The average molecular weight is 437 g/mol. The average Bonchev–Trinajstić information content (AvgIpc) is 3.47. The van der Waals surface area contributed by atoms with Gasteiger partial charge in [0.15, 0.2) is 6.61 Å². The first-order valence-corrected chi connectivity index (χ1v) is 11.6. The number of carbonyl (C=O) groups excluding carboxylic acids is 2. The van der Waals surface area contributed by atoms with Gasteiger partial charge in [-0.3, -0.25) is 9.59 Å². The van der Waals surface area contributed by atoms with Crippen LogP contribution in [0.1, 0.15) is 60.8 Å². The first-order valence-electron chi connectivity index (χ1n) is 11.6. The van der Waals surface area contributed by atoms with E-state index in [0.717, 1.165) is 42.0 Å². The minimum Gasteiger partial charge on any atom is -0.484 e. The van der Waals surface area contributed by atoms with E-state index in [1.165, 1.54) is 12.8 Å². The molecular weight excluding hydrogens is 404 g/mol. The number of aromatic nitrogens is 2.